The smallest absolute Gasteiger partial charge is 0.102 e. The molecule has 0 saturated carbocycles. The SMILES string of the molecule is CCCCC(CC)[SiH2]Br. The third-order valence-corrected chi connectivity index (χ3v) is 5.93. The maximum absolute atomic E-state index is 3.65. The Morgan fingerprint density at radius 2 is 2.11 bits per heavy atom. The van der Waals surface area contributed by atoms with Crippen molar-refractivity contribution in [3.63, 3.8) is 0 Å². The second kappa shape index (κ2) is 6.81. The summed E-state index contributed by atoms with van der Waals surface area (Å²) in [5, 5.41) is 0. The van der Waals surface area contributed by atoms with E-state index in [2.05, 4.69) is 29.1 Å². The number of rotatable bonds is 5. The monoisotopic (exact) mass is 208 g/mol. The van der Waals surface area contributed by atoms with Gasteiger partial charge in [-0.05, 0) is 5.54 Å². The van der Waals surface area contributed by atoms with Crippen LogP contribution in [0.15, 0.2) is 0 Å². The van der Waals surface area contributed by atoms with Crippen LogP contribution in [-0.2, 0) is 0 Å². The van der Waals surface area contributed by atoms with Crippen LogP contribution < -0.4 is 0 Å². The fourth-order valence-electron chi connectivity index (χ4n) is 0.883. The molecule has 0 spiro atoms. The first kappa shape index (κ1) is 9.70. The quantitative estimate of drug-likeness (QED) is 0.482. The molecule has 2 heteroatoms. The lowest BCUT2D eigenvalue weighted by molar-refractivity contribution is 0.654. The van der Waals surface area contributed by atoms with E-state index in [9.17, 15) is 0 Å². The van der Waals surface area contributed by atoms with Gasteiger partial charge in [-0.3, -0.25) is 0 Å². The Labute approximate surface area is 68.8 Å². The first-order valence-corrected chi connectivity index (χ1v) is 8.62. The molecule has 0 heterocycles. The second-order valence-electron chi connectivity index (χ2n) is 2.57. The summed E-state index contributed by atoms with van der Waals surface area (Å²) in [5.41, 5.74) is 1.06. The first-order chi connectivity index (χ1) is 4.35. The zero-order valence-electron chi connectivity index (χ0n) is 6.49. The van der Waals surface area contributed by atoms with E-state index in [1.54, 1.807) is 0 Å². The summed E-state index contributed by atoms with van der Waals surface area (Å²) in [6.07, 6.45) is 5.64. The Morgan fingerprint density at radius 1 is 1.44 bits per heavy atom. The molecule has 0 aliphatic rings. The fraction of sp³-hybridized carbons (Fsp3) is 1.00. The van der Waals surface area contributed by atoms with Gasteiger partial charge in [0.2, 0.25) is 0 Å². The van der Waals surface area contributed by atoms with Gasteiger partial charge in [0.15, 0.2) is 0 Å². The van der Waals surface area contributed by atoms with Crippen LogP contribution in [0.25, 0.3) is 0 Å². The average molecular weight is 209 g/mol. The molecule has 0 radical (unpaired) electrons. The van der Waals surface area contributed by atoms with Crippen molar-refractivity contribution in [3.8, 4) is 0 Å². The minimum atomic E-state index is 0.120. The summed E-state index contributed by atoms with van der Waals surface area (Å²) in [5.74, 6) is 0. The summed E-state index contributed by atoms with van der Waals surface area (Å²) in [4.78, 5) is 0. The molecule has 0 bridgehead atoms. The highest BCUT2D eigenvalue weighted by molar-refractivity contribution is 9.23. The fourth-order valence-corrected chi connectivity index (χ4v) is 3.89. The first-order valence-electron chi connectivity index (χ1n) is 3.91. The predicted molar refractivity (Wildman–Crippen MR) is 51.0 cm³/mol. The molecule has 1 atom stereocenters. The normalized spacial score (nSPS) is 15.0. The van der Waals surface area contributed by atoms with Crippen molar-refractivity contribution in [2.75, 3.05) is 0 Å². The third kappa shape index (κ3) is 5.16. The summed E-state index contributed by atoms with van der Waals surface area (Å²) >= 11 is 3.65. The second-order valence-corrected chi connectivity index (χ2v) is 5.98. The van der Waals surface area contributed by atoms with E-state index in [0.717, 1.165) is 5.54 Å². The van der Waals surface area contributed by atoms with E-state index in [1.165, 1.54) is 25.7 Å². The molecule has 0 rings (SSSR count). The van der Waals surface area contributed by atoms with Crippen molar-refractivity contribution >= 4 is 23.4 Å². The highest BCUT2D eigenvalue weighted by Crippen LogP contribution is 2.18. The standard InChI is InChI=1S/C7H17BrSi/c1-3-5-6-7(4-2)9-8/h7H,3-6,9H2,1-2H3. The summed E-state index contributed by atoms with van der Waals surface area (Å²) in [7, 11) is 0.120. The van der Waals surface area contributed by atoms with Crippen LogP contribution in [0.2, 0.25) is 5.54 Å². The maximum atomic E-state index is 3.65. The average Bonchev–Trinajstić information content (AvgIpc) is 1.91. The van der Waals surface area contributed by atoms with Gasteiger partial charge in [-0.1, -0.05) is 39.5 Å². The summed E-state index contributed by atoms with van der Waals surface area (Å²) in [6.45, 7) is 4.57. The highest BCUT2D eigenvalue weighted by atomic mass is 79.9. The van der Waals surface area contributed by atoms with E-state index in [0.29, 0.717) is 0 Å². The van der Waals surface area contributed by atoms with Gasteiger partial charge in [-0.15, -0.1) is 15.3 Å². The van der Waals surface area contributed by atoms with Gasteiger partial charge in [-0.25, -0.2) is 0 Å². The van der Waals surface area contributed by atoms with Crippen molar-refractivity contribution in [1.82, 2.24) is 0 Å². The molecule has 0 aromatic heterocycles. The van der Waals surface area contributed by atoms with Crippen LogP contribution >= 0.6 is 15.3 Å². The topological polar surface area (TPSA) is 0 Å². The molecule has 1 unspecified atom stereocenters. The lowest BCUT2D eigenvalue weighted by atomic mass is 10.2. The molecule has 0 aliphatic carbocycles. The van der Waals surface area contributed by atoms with Crippen LogP contribution in [-0.4, -0.2) is 8.14 Å². The minimum Gasteiger partial charge on any atom is -0.135 e. The number of hydrogen-bond acceptors (Lipinski definition) is 0. The Balaban J connectivity index is 3.09. The van der Waals surface area contributed by atoms with E-state index in [-0.39, 0.29) is 8.14 Å². The van der Waals surface area contributed by atoms with E-state index in [4.69, 9.17) is 0 Å². The number of halogens is 1. The maximum Gasteiger partial charge on any atom is 0.102 e. The molecule has 0 nitrogen and oxygen atoms in total. The van der Waals surface area contributed by atoms with Crippen LogP contribution in [0, 0.1) is 0 Å². The highest BCUT2D eigenvalue weighted by Gasteiger charge is 2.02. The van der Waals surface area contributed by atoms with Crippen LogP contribution in [0.1, 0.15) is 39.5 Å². The lowest BCUT2D eigenvalue weighted by Gasteiger charge is -2.07. The molecule has 0 aliphatic heterocycles. The molecule has 0 aromatic rings. The molecule has 0 fully saturated rings. The minimum absolute atomic E-state index is 0.120. The zero-order chi connectivity index (χ0) is 7.11. The van der Waals surface area contributed by atoms with Gasteiger partial charge in [0, 0.05) is 0 Å². The molecule has 9 heavy (non-hydrogen) atoms. The van der Waals surface area contributed by atoms with Crippen molar-refractivity contribution < 1.29 is 0 Å². The van der Waals surface area contributed by atoms with E-state index >= 15 is 0 Å². The number of hydrogen-bond donors (Lipinski definition) is 0. The molecule has 0 aromatic carbocycles. The van der Waals surface area contributed by atoms with Gasteiger partial charge in [0.05, 0.1) is 0 Å². The Bertz CT molecular complexity index is 52.9. The Kier molecular flexibility index (Phi) is 7.34. The lowest BCUT2D eigenvalue weighted by Crippen LogP contribution is -1.94. The van der Waals surface area contributed by atoms with Crippen molar-refractivity contribution in [2.45, 2.75) is 45.1 Å². The van der Waals surface area contributed by atoms with Gasteiger partial charge in [-0.2, -0.15) is 0 Å². The van der Waals surface area contributed by atoms with Crippen LogP contribution in [0.3, 0.4) is 0 Å². The molecule has 0 amide bonds. The van der Waals surface area contributed by atoms with Gasteiger partial charge < -0.3 is 0 Å². The predicted octanol–water partition coefficient (Wildman–Crippen LogP) is 2.85. The van der Waals surface area contributed by atoms with Gasteiger partial charge in [0.25, 0.3) is 0 Å². The van der Waals surface area contributed by atoms with Crippen molar-refractivity contribution in [3.05, 3.63) is 0 Å². The third-order valence-electron chi connectivity index (χ3n) is 1.76. The van der Waals surface area contributed by atoms with Crippen molar-refractivity contribution in [2.24, 2.45) is 0 Å². The Morgan fingerprint density at radius 3 is 2.44 bits per heavy atom. The molecular formula is C7H17BrSi. The van der Waals surface area contributed by atoms with E-state index < -0.39 is 0 Å². The van der Waals surface area contributed by atoms with Crippen molar-refractivity contribution in [1.29, 1.82) is 0 Å². The molecular weight excluding hydrogens is 192 g/mol. The van der Waals surface area contributed by atoms with Gasteiger partial charge in [0.1, 0.15) is 8.14 Å². The molecule has 56 valence electrons. The van der Waals surface area contributed by atoms with Gasteiger partial charge >= 0.3 is 0 Å². The van der Waals surface area contributed by atoms with E-state index in [1.807, 2.05) is 0 Å². The summed E-state index contributed by atoms with van der Waals surface area (Å²) < 4.78 is 0. The van der Waals surface area contributed by atoms with Crippen LogP contribution in [0.5, 0.6) is 0 Å². The zero-order valence-corrected chi connectivity index (χ0v) is 9.49. The molecule has 0 saturated heterocycles. The summed E-state index contributed by atoms with van der Waals surface area (Å²) in [6, 6.07) is 0. The number of unbranched alkanes of at least 4 members (excludes halogenated alkanes) is 1. The molecule has 0 N–H and O–H groups in total. The Hall–Kier alpha value is 0.697. The van der Waals surface area contributed by atoms with Crippen LogP contribution in [0.4, 0.5) is 0 Å². The largest absolute Gasteiger partial charge is 0.135 e.